The van der Waals surface area contributed by atoms with E-state index in [4.69, 9.17) is 9.84 Å². The van der Waals surface area contributed by atoms with Crippen molar-refractivity contribution in [1.82, 2.24) is 4.98 Å². The van der Waals surface area contributed by atoms with Crippen LogP contribution in [0.4, 0.5) is 13.2 Å². The first kappa shape index (κ1) is 13.3. The number of nitrogens with zero attached hydrogens (tertiary/aromatic N) is 1. The van der Waals surface area contributed by atoms with Crippen LogP contribution in [0, 0.1) is 3.70 Å². The smallest absolute Gasteiger partial charge is 0.496 e. The molecule has 0 saturated carbocycles. The lowest BCUT2D eigenvalue weighted by atomic mass is 10.3. The van der Waals surface area contributed by atoms with E-state index in [1.807, 2.05) is 0 Å². The number of aliphatic hydroxyl groups is 1. The van der Waals surface area contributed by atoms with Crippen molar-refractivity contribution in [2.24, 2.45) is 0 Å². The molecular weight excluding hydrogens is 342 g/mol. The Bertz CT molecular complexity index is 384. The fourth-order valence-corrected chi connectivity index (χ4v) is 1.67. The quantitative estimate of drug-likeness (QED) is 0.671. The van der Waals surface area contributed by atoms with Crippen LogP contribution in [0.5, 0.6) is 11.6 Å². The molecule has 1 aromatic rings. The summed E-state index contributed by atoms with van der Waals surface area (Å²) in [4.78, 5) is 3.54. The minimum Gasteiger partial charge on any atom is -0.496 e. The van der Waals surface area contributed by atoms with Gasteiger partial charge in [-0.2, -0.15) is 0 Å². The Morgan fingerprint density at radius 3 is 2.56 bits per heavy atom. The van der Waals surface area contributed by atoms with Crippen molar-refractivity contribution < 1.29 is 27.8 Å². The number of halogens is 4. The molecule has 4 nitrogen and oxygen atoms in total. The lowest BCUT2D eigenvalue weighted by molar-refractivity contribution is -0.276. The van der Waals surface area contributed by atoms with Gasteiger partial charge >= 0.3 is 6.36 Å². The lowest BCUT2D eigenvalue weighted by Gasteiger charge is -2.12. The van der Waals surface area contributed by atoms with Crippen LogP contribution in [0.25, 0.3) is 0 Å². The van der Waals surface area contributed by atoms with E-state index >= 15 is 0 Å². The molecule has 0 aliphatic heterocycles. The molecule has 90 valence electrons. The molecule has 0 aliphatic rings. The third kappa shape index (κ3) is 3.37. The van der Waals surface area contributed by atoms with Gasteiger partial charge in [0.15, 0.2) is 0 Å². The van der Waals surface area contributed by atoms with E-state index in [0.29, 0.717) is 5.56 Å². The second-order valence-corrected chi connectivity index (χ2v) is 3.66. The van der Waals surface area contributed by atoms with Gasteiger partial charge in [0.05, 0.1) is 19.3 Å². The van der Waals surface area contributed by atoms with Gasteiger partial charge in [0.25, 0.3) is 0 Å². The Kier molecular flexibility index (Phi) is 4.19. The Balaban J connectivity index is 3.10. The summed E-state index contributed by atoms with van der Waals surface area (Å²) in [5.74, 6) is -0.521. The first-order chi connectivity index (χ1) is 7.37. The van der Waals surface area contributed by atoms with E-state index in [1.165, 1.54) is 7.11 Å². The lowest BCUT2D eigenvalue weighted by Crippen LogP contribution is -2.18. The minimum atomic E-state index is -4.80. The average Bonchev–Trinajstić information content (AvgIpc) is 2.14. The van der Waals surface area contributed by atoms with Crippen LogP contribution < -0.4 is 9.47 Å². The van der Waals surface area contributed by atoms with Crippen LogP contribution in [-0.4, -0.2) is 23.6 Å². The van der Waals surface area contributed by atoms with Gasteiger partial charge in [-0.15, -0.1) is 13.2 Å². The van der Waals surface area contributed by atoms with Crippen LogP contribution in [0.2, 0.25) is 0 Å². The highest BCUT2D eigenvalue weighted by Crippen LogP contribution is 2.29. The van der Waals surface area contributed by atoms with Crippen LogP contribution in [0.3, 0.4) is 0 Å². The van der Waals surface area contributed by atoms with Gasteiger partial charge in [-0.25, -0.2) is 4.98 Å². The number of hydrogen-bond acceptors (Lipinski definition) is 4. The SMILES string of the molecule is COc1cc(OC(F)(F)F)nc(I)c1CO. The predicted octanol–water partition coefficient (Wildman–Crippen LogP) is 2.09. The molecule has 1 N–H and O–H groups in total. The van der Waals surface area contributed by atoms with Crippen LogP contribution in [0.15, 0.2) is 6.07 Å². The van der Waals surface area contributed by atoms with Crippen molar-refractivity contribution in [2.45, 2.75) is 13.0 Å². The van der Waals surface area contributed by atoms with Gasteiger partial charge in [-0.05, 0) is 22.6 Å². The zero-order valence-electron chi connectivity index (χ0n) is 8.01. The number of hydrogen-bond donors (Lipinski definition) is 1. The van der Waals surface area contributed by atoms with Gasteiger partial charge in [-0.3, -0.25) is 0 Å². The fraction of sp³-hybridized carbons (Fsp3) is 0.375. The summed E-state index contributed by atoms with van der Waals surface area (Å²) >= 11 is 1.69. The molecule has 0 fully saturated rings. The van der Waals surface area contributed by atoms with Crippen molar-refractivity contribution in [3.63, 3.8) is 0 Å². The van der Waals surface area contributed by atoms with Gasteiger partial charge in [0, 0.05) is 6.07 Å². The summed E-state index contributed by atoms with van der Waals surface area (Å²) in [6.45, 7) is -0.374. The summed E-state index contributed by atoms with van der Waals surface area (Å²) in [5.41, 5.74) is 0.317. The van der Waals surface area contributed by atoms with Gasteiger partial charge in [-0.1, -0.05) is 0 Å². The van der Waals surface area contributed by atoms with Gasteiger partial charge in [0.1, 0.15) is 9.45 Å². The second-order valence-electron chi connectivity index (χ2n) is 2.64. The molecule has 0 aliphatic carbocycles. The van der Waals surface area contributed by atoms with Crippen molar-refractivity contribution >= 4 is 22.6 Å². The van der Waals surface area contributed by atoms with Crippen LogP contribution >= 0.6 is 22.6 Å². The van der Waals surface area contributed by atoms with E-state index in [-0.39, 0.29) is 16.1 Å². The standard InChI is InChI=1S/C8H7F3INO3/c1-15-5-2-6(16-8(9,10)11)13-7(12)4(5)3-14/h2,14H,3H2,1H3. The molecule has 1 heterocycles. The van der Waals surface area contributed by atoms with E-state index in [0.717, 1.165) is 6.07 Å². The number of aromatic nitrogens is 1. The first-order valence-electron chi connectivity index (χ1n) is 3.97. The maximum Gasteiger partial charge on any atom is 0.574 e. The summed E-state index contributed by atoms with van der Waals surface area (Å²) in [6.07, 6.45) is -4.80. The fourth-order valence-electron chi connectivity index (χ4n) is 0.994. The third-order valence-corrected chi connectivity index (χ3v) is 2.50. The highest BCUT2D eigenvalue weighted by Gasteiger charge is 2.32. The molecule has 0 atom stereocenters. The highest BCUT2D eigenvalue weighted by molar-refractivity contribution is 14.1. The van der Waals surface area contributed by atoms with Gasteiger partial charge < -0.3 is 14.6 Å². The maximum atomic E-state index is 11.9. The maximum absolute atomic E-state index is 11.9. The number of aliphatic hydroxyl groups excluding tert-OH is 1. The molecular formula is C8H7F3INO3. The molecule has 0 radical (unpaired) electrons. The molecule has 1 rings (SSSR count). The molecule has 16 heavy (non-hydrogen) atoms. The van der Waals surface area contributed by atoms with E-state index in [2.05, 4.69) is 9.72 Å². The summed E-state index contributed by atoms with van der Waals surface area (Å²) < 4.78 is 44.5. The number of pyridine rings is 1. The predicted molar refractivity (Wildman–Crippen MR) is 56.1 cm³/mol. The third-order valence-electron chi connectivity index (χ3n) is 1.61. The number of methoxy groups -OCH3 is 1. The Morgan fingerprint density at radius 1 is 1.50 bits per heavy atom. The average molecular weight is 349 g/mol. The monoisotopic (exact) mass is 349 g/mol. The molecule has 0 saturated heterocycles. The minimum absolute atomic E-state index is 0.0983. The zero-order chi connectivity index (χ0) is 12.3. The van der Waals surface area contributed by atoms with Crippen molar-refractivity contribution in [2.75, 3.05) is 7.11 Å². The Morgan fingerprint density at radius 2 is 2.12 bits per heavy atom. The molecule has 0 unspecified atom stereocenters. The van der Waals surface area contributed by atoms with Crippen LogP contribution in [0.1, 0.15) is 5.56 Å². The van der Waals surface area contributed by atoms with Crippen molar-refractivity contribution in [1.29, 1.82) is 0 Å². The first-order valence-corrected chi connectivity index (χ1v) is 5.05. The van der Waals surface area contributed by atoms with E-state index in [9.17, 15) is 13.2 Å². The molecule has 0 aromatic carbocycles. The molecule has 8 heteroatoms. The Hall–Kier alpha value is -0.770. The van der Waals surface area contributed by atoms with Crippen LogP contribution in [-0.2, 0) is 6.61 Å². The number of alkyl halides is 3. The molecule has 0 amide bonds. The van der Waals surface area contributed by atoms with Crippen molar-refractivity contribution in [3.05, 3.63) is 15.3 Å². The summed E-state index contributed by atoms with van der Waals surface area (Å²) in [7, 11) is 1.28. The number of ether oxygens (including phenoxy) is 2. The van der Waals surface area contributed by atoms with E-state index < -0.39 is 12.2 Å². The normalized spacial score (nSPS) is 11.4. The Labute approximate surface area is 103 Å². The molecule has 1 aromatic heterocycles. The topological polar surface area (TPSA) is 51.6 Å². The van der Waals surface area contributed by atoms with E-state index in [1.54, 1.807) is 22.6 Å². The molecule has 0 bridgehead atoms. The second kappa shape index (κ2) is 5.04. The molecule has 0 spiro atoms. The summed E-state index contributed by atoms with van der Waals surface area (Å²) in [6, 6.07) is 0.973. The van der Waals surface area contributed by atoms with Crippen molar-refractivity contribution in [3.8, 4) is 11.6 Å². The highest BCUT2D eigenvalue weighted by atomic mass is 127. The largest absolute Gasteiger partial charge is 0.574 e. The summed E-state index contributed by atoms with van der Waals surface area (Å²) in [5, 5.41) is 8.97. The number of rotatable bonds is 3. The zero-order valence-corrected chi connectivity index (χ0v) is 10.2. The van der Waals surface area contributed by atoms with Gasteiger partial charge in [0.2, 0.25) is 5.88 Å².